The van der Waals surface area contributed by atoms with Crippen molar-refractivity contribution in [2.75, 3.05) is 39.2 Å². The molecule has 2 rings (SSSR count). The molecule has 5 nitrogen and oxygen atoms in total. The van der Waals surface area contributed by atoms with Gasteiger partial charge in [0.05, 0.1) is 11.4 Å². The van der Waals surface area contributed by atoms with Gasteiger partial charge in [-0.15, -0.1) is 0 Å². The molecule has 0 spiro atoms. The fraction of sp³-hybridized carbons (Fsp3) is 0.294. The van der Waals surface area contributed by atoms with Crippen LogP contribution in [-0.2, 0) is 10.0 Å². The summed E-state index contributed by atoms with van der Waals surface area (Å²) in [6.45, 7) is 1.26. The molecule has 0 heterocycles. The molecule has 0 radical (unpaired) electrons. The molecule has 0 unspecified atom stereocenters. The molecule has 0 aliphatic heterocycles. The summed E-state index contributed by atoms with van der Waals surface area (Å²) in [5.41, 5.74) is 1.13. The second-order valence-corrected chi connectivity index (χ2v) is 7.52. The van der Waals surface area contributed by atoms with Crippen LogP contribution in [0.15, 0.2) is 59.5 Å². The highest BCUT2D eigenvalue weighted by Gasteiger charge is 2.16. The van der Waals surface area contributed by atoms with E-state index < -0.39 is 10.0 Å². The number of rotatable bonds is 7. The summed E-state index contributed by atoms with van der Waals surface area (Å²) in [6.07, 6.45) is 0. The maximum Gasteiger partial charge on any atom is 0.242 e. The van der Waals surface area contributed by atoms with Gasteiger partial charge < -0.3 is 9.64 Å². The van der Waals surface area contributed by atoms with Gasteiger partial charge in [0, 0.05) is 26.8 Å². The van der Waals surface area contributed by atoms with Gasteiger partial charge in [0.1, 0.15) is 12.4 Å². The third-order valence-corrected chi connectivity index (χ3v) is 5.32. The quantitative estimate of drug-likeness (QED) is 0.780. The molecule has 0 aliphatic rings. The summed E-state index contributed by atoms with van der Waals surface area (Å²) >= 11 is 0. The first-order valence-corrected chi connectivity index (χ1v) is 8.77. The molecule has 0 saturated carbocycles. The molecule has 2 aromatic carbocycles. The van der Waals surface area contributed by atoms with Crippen molar-refractivity contribution in [1.82, 2.24) is 4.31 Å². The van der Waals surface area contributed by atoms with Crippen molar-refractivity contribution in [3.63, 3.8) is 0 Å². The van der Waals surface area contributed by atoms with E-state index in [-0.39, 0.29) is 4.90 Å². The zero-order valence-electron chi connectivity index (χ0n) is 13.6. The predicted molar refractivity (Wildman–Crippen MR) is 92.5 cm³/mol. The van der Waals surface area contributed by atoms with E-state index in [9.17, 15) is 8.42 Å². The average molecular weight is 334 g/mol. The maximum absolute atomic E-state index is 12.0. The lowest BCUT2D eigenvalue weighted by Gasteiger charge is -2.19. The SMILES string of the molecule is CN(CCOc1ccc(S(=O)(=O)N(C)C)cc1)c1ccccc1. The van der Waals surface area contributed by atoms with E-state index in [1.165, 1.54) is 18.4 Å². The molecule has 6 heteroatoms. The van der Waals surface area contributed by atoms with Crippen LogP contribution < -0.4 is 9.64 Å². The summed E-state index contributed by atoms with van der Waals surface area (Å²) < 4.78 is 30.8. The van der Waals surface area contributed by atoms with Crippen LogP contribution in [0.4, 0.5) is 5.69 Å². The van der Waals surface area contributed by atoms with Gasteiger partial charge in [-0.2, -0.15) is 0 Å². The normalized spacial score (nSPS) is 11.5. The number of sulfonamides is 1. The number of anilines is 1. The van der Waals surface area contributed by atoms with Crippen molar-refractivity contribution < 1.29 is 13.2 Å². The van der Waals surface area contributed by atoms with Crippen LogP contribution in [0.1, 0.15) is 0 Å². The van der Waals surface area contributed by atoms with Crippen molar-refractivity contribution >= 4 is 15.7 Å². The number of ether oxygens (including phenoxy) is 1. The zero-order valence-corrected chi connectivity index (χ0v) is 14.5. The molecule has 0 aromatic heterocycles. The number of para-hydroxylation sites is 1. The minimum absolute atomic E-state index is 0.260. The van der Waals surface area contributed by atoms with Crippen molar-refractivity contribution in [2.24, 2.45) is 0 Å². The monoisotopic (exact) mass is 334 g/mol. The lowest BCUT2D eigenvalue weighted by atomic mass is 10.3. The van der Waals surface area contributed by atoms with E-state index in [1.54, 1.807) is 24.3 Å². The molecule has 0 fully saturated rings. The predicted octanol–water partition coefficient (Wildman–Crippen LogP) is 2.45. The van der Waals surface area contributed by atoms with E-state index in [1.807, 2.05) is 37.4 Å². The van der Waals surface area contributed by atoms with Crippen molar-refractivity contribution in [3.8, 4) is 5.75 Å². The van der Waals surface area contributed by atoms with Gasteiger partial charge in [-0.25, -0.2) is 12.7 Å². The Balaban J connectivity index is 1.90. The number of benzene rings is 2. The number of likely N-dealkylation sites (N-methyl/N-ethyl adjacent to an activating group) is 1. The summed E-state index contributed by atoms with van der Waals surface area (Å²) in [5, 5.41) is 0. The highest BCUT2D eigenvalue weighted by molar-refractivity contribution is 7.89. The first-order chi connectivity index (χ1) is 10.9. The largest absolute Gasteiger partial charge is 0.492 e. The van der Waals surface area contributed by atoms with Gasteiger partial charge in [-0.3, -0.25) is 0 Å². The van der Waals surface area contributed by atoms with Gasteiger partial charge in [-0.1, -0.05) is 18.2 Å². The Kier molecular flexibility index (Phi) is 5.63. The van der Waals surface area contributed by atoms with Crippen LogP contribution >= 0.6 is 0 Å². The molecule has 0 saturated heterocycles. The van der Waals surface area contributed by atoms with Gasteiger partial charge >= 0.3 is 0 Å². The van der Waals surface area contributed by atoms with Crippen LogP contribution in [0, 0.1) is 0 Å². The Bertz CT molecular complexity index is 713. The summed E-state index contributed by atoms with van der Waals surface area (Å²) in [5.74, 6) is 0.657. The van der Waals surface area contributed by atoms with Crippen molar-refractivity contribution in [3.05, 3.63) is 54.6 Å². The molecular formula is C17H22N2O3S. The summed E-state index contributed by atoms with van der Waals surface area (Å²) in [6, 6.07) is 16.5. The number of hydrogen-bond donors (Lipinski definition) is 0. The van der Waals surface area contributed by atoms with Crippen LogP contribution in [0.25, 0.3) is 0 Å². The molecule has 0 N–H and O–H groups in total. The Morgan fingerprint density at radius 2 is 1.52 bits per heavy atom. The first-order valence-electron chi connectivity index (χ1n) is 7.33. The molecule has 124 valence electrons. The minimum Gasteiger partial charge on any atom is -0.492 e. The van der Waals surface area contributed by atoms with E-state index in [4.69, 9.17) is 4.74 Å². The summed E-state index contributed by atoms with van der Waals surface area (Å²) in [7, 11) is 1.64. The lowest BCUT2D eigenvalue weighted by Crippen LogP contribution is -2.23. The lowest BCUT2D eigenvalue weighted by molar-refractivity contribution is 0.325. The standard InChI is InChI=1S/C17H22N2O3S/c1-18(2)23(20,21)17-11-9-16(10-12-17)22-14-13-19(3)15-7-5-4-6-8-15/h4-12H,13-14H2,1-3H3. The van der Waals surface area contributed by atoms with E-state index in [0.29, 0.717) is 12.4 Å². The molecular weight excluding hydrogens is 312 g/mol. The average Bonchev–Trinajstić information content (AvgIpc) is 2.56. The van der Waals surface area contributed by atoms with Gasteiger partial charge in [0.2, 0.25) is 10.0 Å². The second-order valence-electron chi connectivity index (χ2n) is 5.36. The van der Waals surface area contributed by atoms with Crippen LogP contribution in [0.3, 0.4) is 0 Å². The smallest absolute Gasteiger partial charge is 0.242 e. The molecule has 0 bridgehead atoms. The molecule has 0 atom stereocenters. The second kappa shape index (κ2) is 7.48. The topological polar surface area (TPSA) is 49.9 Å². The number of hydrogen-bond acceptors (Lipinski definition) is 4. The van der Waals surface area contributed by atoms with Crippen LogP contribution in [0.2, 0.25) is 0 Å². The Morgan fingerprint density at radius 1 is 0.913 bits per heavy atom. The molecule has 23 heavy (non-hydrogen) atoms. The van der Waals surface area contributed by atoms with Gasteiger partial charge in [0.15, 0.2) is 0 Å². The Morgan fingerprint density at radius 3 is 2.09 bits per heavy atom. The van der Waals surface area contributed by atoms with Crippen LogP contribution in [0.5, 0.6) is 5.75 Å². The molecule has 0 amide bonds. The Hall–Kier alpha value is -2.05. The Labute approximate surface area is 138 Å². The number of nitrogens with zero attached hydrogens (tertiary/aromatic N) is 2. The van der Waals surface area contributed by atoms with E-state index in [2.05, 4.69) is 4.90 Å². The molecule has 2 aromatic rings. The third-order valence-electron chi connectivity index (χ3n) is 3.49. The fourth-order valence-electron chi connectivity index (χ4n) is 2.03. The van der Waals surface area contributed by atoms with E-state index >= 15 is 0 Å². The van der Waals surface area contributed by atoms with E-state index in [0.717, 1.165) is 12.2 Å². The van der Waals surface area contributed by atoms with Crippen molar-refractivity contribution in [1.29, 1.82) is 0 Å². The fourth-order valence-corrected chi connectivity index (χ4v) is 2.93. The van der Waals surface area contributed by atoms with Gasteiger partial charge in [-0.05, 0) is 36.4 Å². The van der Waals surface area contributed by atoms with Crippen LogP contribution in [-0.4, -0.2) is 47.0 Å². The highest BCUT2D eigenvalue weighted by Crippen LogP contribution is 2.18. The maximum atomic E-state index is 12.0. The highest BCUT2D eigenvalue weighted by atomic mass is 32.2. The molecule has 0 aliphatic carbocycles. The summed E-state index contributed by atoms with van der Waals surface area (Å²) in [4.78, 5) is 2.36. The van der Waals surface area contributed by atoms with Crippen molar-refractivity contribution in [2.45, 2.75) is 4.90 Å². The van der Waals surface area contributed by atoms with Gasteiger partial charge in [0.25, 0.3) is 0 Å². The minimum atomic E-state index is -3.39. The third kappa shape index (κ3) is 4.46. The zero-order chi connectivity index (χ0) is 16.9. The first kappa shape index (κ1) is 17.3.